The highest BCUT2D eigenvalue weighted by Gasteiger charge is 2.17. The smallest absolute Gasteiger partial charge is 0.341 e. The number of para-hydroxylation sites is 1. The summed E-state index contributed by atoms with van der Waals surface area (Å²) in [6, 6.07) is 11.3. The van der Waals surface area contributed by atoms with Crippen LogP contribution in [-0.2, 0) is 16.1 Å². The lowest BCUT2D eigenvalue weighted by Gasteiger charge is -2.12. The van der Waals surface area contributed by atoms with Crippen molar-refractivity contribution in [3.63, 3.8) is 0 Å². The molecule has 0 aliphatic heterocycles. The van der Waals surface area contributed by atoms with Crippen molar-refractivity contribution in [3.05, 3.63) is 77.5 Å². The highest BCUT2D eigenvalue weighted by molar-refractivity contribution is 5.92. The van der Waals surface area contributed by atoms with Crippen molar-refractivity contribution in [3.8, 4) is 5.69 Å². The van der Waals surface area contributed by atoms with Gasteiger partial charge in [-0.3, -0.25) is 4.79 Å². The molecule has 144 valence electrons. The van der Waals surface area contributed by atoms with Crippen LogP contribution < -0.4 is 0 Å². The molecule has 0 fully saturated rings. The lowest BCUT2D eigenvalue weighted by atomic mass is 10.2. The van der Waals surface area contributed by atoms with Gasteiger partial charge in [0.2, 0.25) is 5.91 Å². The average Bonchev–Trinajstić information content (AvgIpc) is 3.32. The summed E-state index contributed by atoms with van der Waals surface area (Å²) in [4.78, 5) is 25.5. The van der Waals surface area contributed by atoms with Crippen molar-refractivity contribution in [1.82, 2.24) is 14.7 Å². The van der Waals surface area contributed by atoms with Gasteiger partial charge in [-0.1, -0.05) is 18.2 Å². The zero-order valence-electron chi connectivity index (χ0n) is 16.0. The van der Waals surface area contributed by atoms with Crippen molar-refractivity contribution < 1.29 is 18.7 Å². The van der Waals surface area contributed by atoms with E-state index in [1.54, 1.807) is 37.0 Å². The molecule has 1 aromatic carbocycles. The van der Waals surface area contributed by atoms with Crippen LogP contribution >= 0.6 is 0 Å². The monoisotopic (exact) mass is 379 g/mol. The Morgan fingerprint density at radius 3 is 2.75 bits per heavy atom. The molecule has 3 rings (SSSR count). The number of hydrogen-bond acceptors (Lipinski definition) is 5. The first kappa shape index (κ1) is 19.2. The number of rotatable bonds is 6. The van der Waals surface area contributed by atoms with Crippen LogP contribution in [0.5, 0.6) is 0 Å². The number of likely N-dealkylation sites (N-methyl/N-ethyl adjacent to an activating group) is 1. The Hall–Kier alpha value is -3.61. The summed E-state index contributed by atoms with van der Waals surface area (Å²) < 4.78 is 12.0. The third kappa shape index (κ3) is 4.37. The molecule has 7 heteroatoms. The number of aryl methyl sites for hydroxylation is 1. The van der Waals surface area contributed by atoms with E-state index in [1.165, 1.54) is 18.1 Å². The van der Waals surface area contributed by atoms with E-state index < -0.39 is 5.97 Å². The Morgan fingerprint density at radius 1 is 1.29 bits per heavy atom. The Balaban J connectivity index is 1.63. The second-order valence-electron chi connectivity index (χ2n) is 6.26. The molecule has 0 spiro atoms. The van der Waals surface area contributed by atoms with Crippen LogP contribution in [0.25, 0.3) is 11.8 Å². The van der Waals surface area contributed by atoms with E-state index >= 15 is 0 Å². The quantitative estimate of drug-likeness (QED) is 0.485. The molecule has 2 heterocycles. The normalized spacial score (nSPS) is 11.0. The molecule has 0 N–H and O–H groups in total. The number of benzene rings is 1. The molecule has 0 saturated heterocycles. The number of ether oxygens (including phenoxy) is 1. The largest absolute Gasteiger partial charge is 0.465 e. The SMILES string of the molecule is COC(=O)c1cc(CN(C)C(=O)/C=C/c2cnn(-c3ccccc3)c2)oc1C. The second-order valence-corrected chi connectivity index (χ2v) is 6.26. The minimum atomic E-state index is -0.461. The molecule has 0 aliphatic carbocycles. The van der Waals surface area contributed by atoms with E-state index in [0.29, 0.717) is 17.1 Å². The molecule has 28 heavy (non-hydrogen) atoms. The molecular weight excluding hydrogens is 358 g/mol. The Bertz CT molecular complexity index is 1000. The molecule has 0 radical (unpaired) electrons. The third-order valence-electron chi connectivity index (χ3n) is 4.19. The molecule has 0 aliphatic rings. The maximum absolute atomic E-state index is 12.4. The number of methoxy groups -OCH3 is 1. The summed E-state index contributed by atoms with van der Waals surface area (Å²) >= 11 is 0. The van der Waals surface area contributed by atoms with Crippen molar-refractivity contribution in [2.45, 2.75) is 13.5 Å². The topological polar surface area (TPSA) is 77.6 Å². The van der Waals surface area contributed by atoms with E-state index in [9.17, 15) is 9.59 Å². The van der Waals surface area contributed by atoms with Gasteiger partial charge in [-0.05, 0) is 31.2 Å². The summed E-state index contributed by atoms with van der Waals surface area (Å²) in [5.41, 5.74) is 2.12. The van der Waals surface area contributed by atoms with Gasteiger partial charge in [0.05, 0.1) is 25.5 Å². The van der Waals surface area contributed by atoms with Gasteiger partial charge >= 0.3 is 5.97 Å². The molecule has 1 amide bonds. The van der Waals surface area contributed by atoms with E-state index in [1.807, 2.05) is 36.5 Å². The van der Waals surface area contributed by atoms with Gasteiger partial charge < -0.3 is 14.1 Å². The molecule has 0 unspecified atom stereocenters. The number of carbonyl (C=O) groups is 2. The summed E-state index contributed by atoms with van der Waals surface area (Å²) in [6.45, 7) is 1.92. The van der Waals surface area contributed by atoms with E-state index in [0.717, 1.165) is 11.3 Å². The average molecular weight is 379 g/mol. The first-order valence-corrected chi connectivity index (χ1v) is 8.69. The van der Waals surface area contributed by atoms with Crippen LogP contribution in [0, 0.1) is 6.92 Å². The number of aromatic nitrogens is 2. The maximum atomic E-state index is 12.4. The second kappa shape index (κ2) is 8.39. The predicted octanol–water partition coefficient (Wildman–Crippen LogP) is 3.23. The summed E-state index contributed by atoms with van der Waals surface area (Å²) in [6.07, 6.45) is 6.72. The van der Waals surface area contributed by atoms with Gasteiger partial charge in [-0.25, -0.2) is 9.48 Å². The van der Waals surface area contributed by atoms with Gasteiger partial charge in [0.15, 0.2) is 0 Å². The fraction of sp³-hybridized carbons (Fsp3) is 0.190. The van der Waals surface area contributed by atoms with E-state index in [2.05, 4.69) is 5.10 Å². The summed E-state index contributed by atoms with van der Waals surface area (Å²) in [5, 5.41) is 4.30. The van der Waals surface area contributed by atoms with Crippen molar-refractivity contribution >= 4 is 18.0 Å². The van der Waals surface area contributed by atoms with Crippen molar-refractivity contribution in [2.75, 3.05) is 14.2 Å². The number of amides is 1. The van der Waals surface area contributed by atoms with Gasteiger partial charge in [0, 0.05) is 24.9 Å². The van der Waals surface area contributed by atoms with E-state index in [4.69, 9.17) is 9.15 Å². The highest BCUT2D eigenvalue weighted by atomic mass is 16.5. The first-order valence-electron chi connectivity index (χ1n) is 8.69. The highest BCUT2D eigenvalue weighted by Crippen LogP contribution is 2.17. The number of furan rings is 1. The minimum Gasteiger partial charge on any atom is -0.465 e. The molecule has 7 nitrogen and oxygen atoms in total. The van der Waals surface area contributed by atoms with Crippen LogP contribution in [0.3, 0.4) is 0 Å². The van der Waals surface area contributed by atoms with Gasteiger partial charge in [0.25, 0.3) is 0 Å². The standard InChI is InChI=1S/C21H21N3O4/c1-15-19(21(26)27-3)11-18(28-15)14-23(2)20(25)10-9-16-12-22-24(13-16)17-7-5-4-6-8-17/h4-13H,14H2,1-3H3/b10-9+. The van der Waals surface area contributed by atoms with Crippen LogP contribution in [0.1, 0.15) is 27.4 Å². The Labute approximate surface area is 162 Å². The van der Waals surface area contributed by atoms with Crippen LogP contribution in [0.4, 0.5) is 0 Å². The maximum Gasteiger partial charge on any atom is 0.341 e. The summed E-state index contributed by atoms with van der Waals surface area (Å²) in [5.74, 6) is 0.323. The molecule has 0 bridgehead atoms. The fourth-order valence-electron chi connectivity index (χ4n) is 2.69. The first-order chi connectivity index (χ1) is 13.5. The third-order valence-corrected chi connectivity index (χ3v) is 4.19. The predicted molar refractivity (Wildman–Crippen MR) is 104 cm³/mol. The molecular formula is C21H21N3O4. The number of hydrogen-bond donors (Lipinski definition) is 0. The summed E-state index contributed by atoms with van der Waals surface area (Å²) in [7, 11) is 2.98. The lowest BCUT2D eigenvalue weighted by Crippen LogP contribution is -2.23. The Kier molecular flexibility index (Phi) is 5.74. The molecule has 0 saturated carbocycles. The molecule has 3 aromatic rings. The number of nitrogens with zero attached hydrogens (tertiary/aromatic N) is 3. The number of esters is 1. The van der Waals surface area contributed by atoms with Crippen LogP contribution in [0.2, 0.25) is 0 Å². The zero-order chi connectivity index (χ0) is 20.1. The van der Waals surface area contributed by atoms with E-state index in [-0.39, 0.29) is 12.5 Å². The van der Waals surface area contributed by atoms with Crippen LogP contribution in [-0.4, -0.2) is 40.7 Å². The van der Waals surface area contributed by atoms with Gasteiger partial charge in [-0.15, -0.1) is 0 Å². The van der Waals surface area contributed by atoms with Crippen LogP contribution in [0.15, 0.2) is 59.3 Å². The molecule has 0 atom stereocenters. The van der Waals surface area contributed by atoms with Gasteiger partial charge in [0.1, 0.15) is 17.1 Å². The van der Waals surface area contributed by atoms with Gasteiger partial charge in [-0.2, -0.15) is 5.10 Å². The molecule has 2 aromatic heterocycles. The number of carbonyl (C=O) groups excluding carboxylic acids is 2. The Morgan fingerprint density at radius 2 is 2.04 bits per heavy atom. The van der Waals surface area contributed by atoms with Crippen molar-refractivity contribution in [2.24, 2.45) is 0 Å². The minimum absolute atomic E-state index is 0.193. The van der Waals surface area contributed by atoms with Crippen molar-refractivity contribution in [1.29, 1.82) is 0 Å². The lowest BCUT2D eigenvalue weighted by molar-refractivity contribution is -0.125. The zero-order valence-corrected chi connectivity index (χ0v) is 16.0. The fourth-order valence-corrected chi connectivity index (χ4v) is 2.69.